The van der Waals surface area contributed by atoms with Crippen molar-refractivity contribution in [2.24, 2.45) is 0 Å². The number of nitrogens with zero attached hydrogens (tertiary/aromatic N) is 4. The summed E-state index contributed by atoms with van der Waals surface area (Å²) in [6, 6.07) is 26.8. The molecule has 7 heteroatoms. The number of thiocarbonyl (C=S) groups is 1. The fraction of sp³-hybridized carbons (Fsp3) is 0.258. The molecule has 1 N–H and O–H groups in total. The van der Waals surface area contributed by atoms with E-state index in [1.165, 1.54) is 16.8 Å². The molecule has 1 aliphatic heterocycles. The van der Waals surface area contributed by atoms with Gasteiger partial charge >= 0.3 is 0 Å². The fourth-order valence-electron chi connectivity index (χ4n) is 4.98. The normalized spacial score (nSPS) is 13.9. The number of hydrogen-bond donors (Lipinski definition) is 1. The topological polar surface area (TPSA) is 53.4 Å². The van der Waals surface area contributed by atoms with Gasteiger partial charge in [0.2, 0.25) is 5.91 Å². The predicted octanol–water partition coefficient (Wildman–Crippen LogP) is 4.94. The lowest BCUT2D eigenvalue weighted by molar-refractivity contribution is -0.122. The number of carbonyl (C=O) groups excluding carboxylic acids is 1. The minimum atomic E-state index is 0.0195. The number of benzene rings is 3. The molecule has 0 radical (unpaired) electrons. The van der Waals surface area contributed by atoms with Crippen molar-refractivity contribution in [3.8, 4) is 16.9 Å². The van der Waals surface area contributed by atoms with Crippen LogP contribution in [0.5, 0.6) is 0 Å². The van der Waals surface area contributed by atoms with Crippen LogP contribution in [0.25, 0.3) is 16.9 Å². The number of hydrogen-bond acceptors (Lipinski definition) is 5. The van der Waals surface area contributed by atoms with E-state index in [2.05, 4.69) is 59.3 Å². The predicted molar refractivity (Wildman–Crippen MR) is 158 cm³/mol. The summed E-state index contributed by atoms with van der Waals surface area (Å²) < 4.78 is 1.93. The highest BCUT2D eigenvalue weighted by atomic mass is 32.1. The third-order valence-corrected chi connectivity index (χ3v) is 7.27. The number of anilines is 1. The molecule has 4 aromatic rings. The van der Waals surface area contributed by atoms with Crippen molar-refractivity contribution in [2.75, 3.05) is 37.6 Å². The van der Waals surface area contributed by atoms with Crippen LogP contribution in [-0.4, -0.2) is 58.7 Å². The van der Waals surface area contributed by atoms with Crippen LogP contribution >= 0.6 is 12.2 Å². The number of nitrogens with one attached hydrogen (secondary N) is 1. The van der Waals surface area contributed by atoms with Crippen molar-refractivity contribution in [1.82, 2.24) is 20.0 Å². The smallest absolute Gasteiger partial charge is 0.234 e. The lowest BCUT2D eigenvalue weighted by Crippen LogP contribution is -2.49. The number of amides is 1. The zero-order valence-electron chi connectivity index (χ0n) is 21.9. The molecule has 1 fully saturated rings. The number of rotatable bonds is 8. The molecule has 0 aliphatic carbocycles. The number of aromatic nitrogens is 2. The second kappa shape index (κ2) is 11.7. The van der Waals surface area contributed by atoms with Gasteiger partial charge in [-0.15, -0.1) is 0 Å². The summed E-state index contributed by atoms with van der Waals surface area (Å²) in [6.07, 6.45) is 0. The first kappa shape index (κ1) is 25.8. The van der Waals surface area contributed by atoms with Gasteiger partial charge in [-0.25, -0.2) is 4.68 Å². The van der Waals surface area contributed by atoms with Gasteiger partial charge in [-0.3, -0.25) is 9.69 Å². The van der Waals surface area contributed by atoms with Crippen molar-refractivity contribution >= 4 is 29.2 Å². The molecule has 38 heavy (non-hydrogen) atoms. The quantitative estimate of drug-likeness (QED) is 0.332. The molecule has 6 nitrogen and oxygen atoms in total. The summed E-state index contributed by atoms with van der Waals surface area (Å²) in [7, 11) is 0. The molecular formula is C31H33N5OS. The van der Waals surface area contributed by atoms with E-state index in [9.17, 15) is 4.79 Å². The van der Waals surface area contributed by atoms with Crippen molar-refractivity contribution in [2.45, 2.75) is 20.4 Å². The van der Waals surface area contributed by atoms with Crippen LogP contribution in [0.4, 0.5) is 5.69 Å². The summed E-state index contributed by atoms with van der Waals surface area (Å²) in [6.45, 7) is 8.64. The average Bonchev–Trinajstić information content (AvgIpc) is 3.37. The Morgan fingerprint density at radius 3 is 2.37 bits per heavy atom. The Morgan fingerprint density at radius 2 is 1.68 bits per heavy atom. The number of carbonyl (C=O) groups is 1. The van der Waals surface area contributed by atoms with E-state index >= 15 is 0 Å². The van der Waals surface area contributed by atoms with Crippen LogP contribution in [0.1, 0.15) is 22.4 Å². The summed E-state index contributed by atoms with van der Waals surface area (Å²) in [5.41, 5.74) is 8.68. The zero-order chi connectivity index (χ0) is 26.5. The van der Waals surface area contributed by atoms with Gasteiger partial charge in [-0.2, -0.15) is 5.10 Å². The molecule has 5 rings (SSSR count). The Labute approximate surface area is 229 Å². The maximum atomic E-state index is 12.8. The molecule has 1 aromatic heterocycles. The molecule has 1 amide bonds. The highest BCUT2D eigenvalue weighted by Crippen LogP contribution is 2.25. The number of piperazine rings is 1. The summed E-state index contributed by atoms with van der Waals surface area (Å²) in [5.74, 6) is 0.0195. The fourth-order valence-corrected chi connectivity index (χ4v) is 5.13. The van der Waals surface area contributed by atoms with E-state index in [0.29, 0.717) is 13.1 Å². The highest BCUT2D eigenvalue weighted by Gasteiger charge is 2.20. The minimum Gasteiger partial charge on any atom is -0.369 e. The average molecular weight is 524 g/mol. The second-order valence-corrected chi connectivity index (χ2v) is 10.1. The first-order valence-corrected chi connectivity index (χ1v) is 13.5. The van der Waals surface area contributed by atoms with Crippen LogP contribution in [0.3, 0.4) is 0 Å². The van der Waals surface area contributed by atoms with E-state index < -0.39 is 0 Å². The Bertz CT molecular complexity index is 1410. The molecule has 3 aromatic carbocycles. The van der Waals surface area contributed by atoms with Crippen LogP contribution in [0, 0.1) is 13.8 Å². The standard InChI is InChI=1S/C31H33N5OS/c1-23-8-13-29(24(2)18-23)35-16-14-34(15-17-35)21-31(37)32-20-27-19-30(26-11-9-25(22-38)10-12-26)36(33-27)28-6-4-3-5-7-28/h3-13,18-19,22H,14-17,20-21H2,1-2H3,(H,32,37). The minimum absolute atomic E-state index is 0.0195. The molecule has 0 spiro atoms. The Kier molecular flexibility index (Phi) is 7.96. The van der Waals surface area contributed by atoms with E-state index in [0.717, 1.165) is 54.4 Å². The third-order valence-electron chi connectivity index (χ3n) is 7.00. The first-order valence-electron chi connectivity index (χ1n) is 13.0. The molecule has 194 valence electrons. The van der Waals surface area contributed by atoms with Crippen molar-refractivity contribution in [3.05, 3.63) is 101 Å². The van der Waals surface area contributed by atoms with Gasteiger partial charge in [0.25, 0.3) is 0 Å². The first-order chi connectivity index (χ1) is 18.5. The molecule has 2 heterocycles. The van der Waals surface area contributed by atoms with Crippen LogP contribution in [-0.2, 0) is 11.3 Å². The maximum absolute atomic E-state index is 12.8. The third kappa shape index (κ3) is 6.01. The molecule has 1 saturated heterocycles. The summed E-state index contributed by atoms with van der Waals surface area (Å²) in [5, 5.41) is 9.58. The monoisotopic (exact) mass is 523 g/mol. The summed E-state index contributed by atoms with van der Waals surface area (Å²) >= 11 is 5.05. The van der Waals surface area contributed by atoms with E-state index in [1.54, 1.807) is 5.37 Å². The van der Waals surface area contributed by atoms with Crippen molar-refractivity contribution in [3.63, 3.8) is 0 Å². The second-order valence-electron chi connectivity index (χ2n) is 9.84. The van der Waals surface area contributed by atoms with Gasteiger partial charge in [0.1, 0.15) is 0 Å². The van der Waals surface area contributed by atoms with Gasteiger partial charge in [0.15, 0.2) is 0 Å². The van der Waals surface area contributed by atoms with Crippen molar-refractivity contribution < 1.29 is 4.79 Å². The summed E-state index contributed by atoms with van der Waals surface area (Å²) in [4.78, 5) is 17.5. The van der Waals surface area contributed by atoms with Crippen LogP contribution in [0.15, 0.2) is 78.9 Å². The zero-order valence-corrected chi connectivity index (χ0v) is 22.7. The lowest BCUT2D eigenvalue weighted by atomic mass is 10.1. The molecular weight excluding hydrogens is 490 g/mol. The van der Waals surface area contributed by atoms with Gasteiger partial charge in [-0.05, 0) is 49.2 Å². The Morgan fingerprint density at radius 1 is 0.947 bits per heavy atom. The van der Waals surface area contributed by atoms with Crippen LogP contribution in [0.2, 0.25) is 0 Å². The van der Waals surface area contributed by atoms with E-state index in [4.69, 9.17) is 17.3 Å². The van der Waals surface area contributed by atoms with E-state index in [1.807, 2.05) is 53.2 Å². The maximum Gasteiger partial charge on any atom is 0.234 e. The number of aryl methyl sites for hydroxylation is 2. The lowest BCUT2D eigenvalue weighted by Gasteiger charge is -2.36. The van der Waals surface area contributed by atoms with Crippen LogP contribution < -0.4 is 10.2 Å². The highest BCUT2D eigenvalue weighted by molar-refractivity contribution is 7.79. The van der Waals surface area contributed by atoms with Crippen molar-refractivity contribution in [1.29, 1.82) is 0 Å². The SMILES string of the molecule is Cc1ccc(N2CCN(CC(=O)NCc3cc(-c4ccc(C=S)cc4)n(-c4ccccc4)n3)CC2)c(C)c1. The van der Waals surface area contributed by atoms with Gasteiger partial charge in [-0.1, -0.05) is 72.4 Å². The van der Waals surface area contributed by atoms with E-state index in [-0.39, 0.29) is 5.91 Å². The molecule has 0 unspecified atom stereocenters. The molecule has 1 aliphatic rings. The largest absolute Gasteiger partial charge is 0.369 e. The molecule has 0 bridgehead atoms. The van der Waals surface area contributed by atoms with Gasteiger partial charge in [0, 0.05) is 42.8 Å². The van der Waals surface area contributed by atoms with Gasteiger partial charge < -0.3 is 10.2 Å². The molecule has 0 saturated carbocycles. The Hall–Kier alpha value is -3.81. The number of para-hydroxylation sites is 1. The molecule has 0 atom stereocenters. The van der Waals surface area contributed by atoms with Gasteiger partial charge in [0.05, 0.1) is 30.2 Å². The Balaban J connectivity index is 1.21.